The van der Waals surface area contributed by atoms with Crippen molar-refractivity contribution >= 4 is 17.6 Å². The van der Waals surface area contributed by atoms with Crippen LogP contribution in [0.3, 0.4) is 0 Å². The Morgan fingerprint density at radius 3 is 2.40 bits per heavy atom. The van der Waals surface area contributed by atoms with Crippen molar-refractivity contribution < 1.29 is 28.5 Å². The predicted molar refractivity (Wildman–Crippen MR) is 153 cm³/mol. The Bertz CT molecular complexity index is 1360. The van der Waals surface area contributed by atoms with Crippen molar-refractivity contribution in [3.63, 3.8) is 0 Å². The van der Waals surface area contributed by atoms with E-state index < -0.39 is 0 Å². The molecule has 0 spiro atoms. The van der Waals surface area contributed by atoms with E-state index in [1.54, 1.807) is 44.6 Å². The van der Waals surface area contributed by atoms with Crippen molar-refractivity contribution in [1.82, 2.24) is 5.32 Å². The van der Waals surface area contributed by atoms with Gasteiger partial charge in [0.05, 0.1) is 33.9 Å². The Morgan fingerprint density at radius 2 is 1.73 bits per heavy atom. The predicted octanol–water partition coefficient (Wildman–Crippen LogP) is 6.46. The molecule has 0 aliphatic carbocycles. The molecule has 0 saturated heterocycles. The van der Waals surface area contributed by atoms with E-state index in [1.807, 2.05) is 30.3 Å². The van der Waals surface area contributed by atoms with Crippen LogP contribution in [0, 0.1) is 12.5 Å². The second kappa shape index (κ2) is 14.6. The summed E-state index contributed by atoms with van der Waals surface area (Å²) in [6.45, 7) is 11.6. The number of methoxy groups -OCH3 is 3. The molecule has 0 saturated carbocycles. The van der Waals surface area contributed by atoms with Crippen LogP contribution in [0.4, 0.5) is 5.69 Å². The molecule has 0 bridgehead atoms. The summed E-state index contributed by atoms with van der Waals surface area (Å²) in [5.74, 6) is 1.48. The summed E-state index contributed by atoms with van der Waals surface area (Å²) in [5.41, 5.74) is 3.37. The zero-order valence-corrected chi connectivity index (χ0v) is 23.7. The molecule has 1 atom stereocenters. The number of amides is 1. The number of ether oxygens (including phenoxy) is 4. The summed E-state index contributed by atoms with van der Waals surface area (Å²) in [4.78, 5) is 29.1. The van der Waals surface area contributed by atoms with Crippen LogP contribution < -0.4 is 19.5 Å². The Morgan fingerprint density at radius 1 is 0.950 bits per heavy atom. The highest BCUT2D eigenvalue weighted by Crippen LogP contribution is 2.32. The quantitative estimate of drug-likeness (QED) is 0.196. The third kappa shape index (κ3) is 8.24. The van der Waals surface area contributed by atoms with Crippen molar-refractivity contribution in [1.29, 1.82) is 0 Å². The van der Waals surface area contributed by atoms with Crippen LogP contribution in [-0.2, 0) is 22.6 Å². The molecule has 3 rings (SSSR count). The van der Waals surface area contributed by atoms with Gasteiger partial charge in [0.2, 0.25) is 0 Å². The lowest BCUT2D eigenvalue weighted by atomic mass is 9.95. The lowest BCUT2D eigenvalue weighted by molar-refractivity contribution is -0.140. The lowest BCUT2D eigenvalue weighted by Gasteiger charge is -2.23. The number of hydrogen-bond donors (Lipinski definition) is 1. The van der Waals surface area contributed by atoms with Crippen LogP contribution in [-0.4, -0.2) is 33.2 Å². The molecule has 210 valence electrons. The first kappa shape index (κ1) is 30.0. The van der Waals surface area contributed by atoms with Crippen LogP contribution in [0.25, 0.3) is 4.85 Å². The molecule has 0 aromatic heterocycles. The van der Waals surface area contributed by atoms with Gasteiger partial charge in [-0.25, -0.2) is 4.85 Å². The Kier molecular flexibility index (Phi) is 11.0. The number of esters is 1. The summed E-state index contributed by atoms with van der Waals surface area (Å²) in [6, 6.07) is 17.8. The number of rotatable bonds is 13. The van der Waals surface area contributed by atoms with E-state index in [0.29, 0.717) is 47.3 Å². The molecular weight excluding hydrogens is 508 g/mol. The van der Waals surface area contributed by atoms with E-state index in [0.717, 1.165) is 16.7 Å². The fraction of sp³-hybridized carbons (Fsp3) is 0.344. The summed E-state index contributed by atoms with van der Waals surface area (Å²) in [5, 5.41) is 3.20. The normalized spacial score (nSPS) is 11.3. The minimum atomic E-state index is -0.346. The maximum Gasteiger partial charge on any atom is 0.305 e. The standard InChI is InChI=1S/C32H36N2O6/c1-21(2)16-28(24-12-14-29(37-4)30(18-24)38-5)34-32(36)27-17-22(10-11-23(27)13-15-31(35)39-6)20-40-26-9-7-8-25(19-26)33-3/h7-12,14,17-19,21,28H,13,15-16,20H2,1-2,4-6H3,(H,34,36). The second-order valence-electron chi connectivity index (χ2n) is 9.74. The summed E-state index contributed by atoms with van der Waals surface area (Å²) in [7, 11) is 4.51. The van der Waals surface area contributed by atoms with Crippen molar-refractivity contribution in [2.24, 2.45) is 5.92 Å². The van der Waals surface area contributed by atoms with Crippen LogP contribution in [0.15, 0.2) is 60.7 Å². The van der Waals surface area contributed by atoms with E-state index in [1.165, 1.54) is 7.11 Å². The van der Waals surface area contributed by atoms with Crippen molar-refractivity contribution in [3.8, 4) is 17.2 Å². The topological polar surface area (TPSA) is 87.5 Å². The molecular formula is C32H36N2O6. The average Bonchev–Trinajstić information content (AvgIpc) is 2.97. The van der Waals surface area contributed by atoms with Crippen LogP contribution in [0.2, 0.25) is 0 Å². The zero-order chi connectivity index (χ0) is 29.1. The van der Waals surface area contributed by atoms with Gasteiger partial charge in [0, 0.05) is 12.0 Å². The van der Waals surface area contributed by atoms with E-state index in [9.17, 15) is 9.59 Å². The fourth-order valence-corrected chi connectivity index (χ4v) is 4.35. The number of nitrogens with one attached hydrogen (secondary N) is 1. The summed E-state index contributed by atoms with van der Waals surface area (Å²) >= 11 is 0. The molecule has 0 radical (unpaired) electrons. The molecule has 3 aromatic rings. The van der Waals surface area contributed by atoms with Crippen molar-refractivity contribution in [2.75, 3.05) is 21.3 Å². The number of carbonyl (C=O) groups is 2. The van der Waals surface area contributed by atoms with E-state index in [4.69, 9.17) is 25.5 Å². The average molecular weight is 545 g/mol. The maximum atomic E-state index is 13.8. The number of nitrogens with zero attached hydrogens (tertiary/aromatic N) is 1. The first-order chi connectivity index (χ1) is 19.3. The van der Waals surface area contributed by atoms with Crippen LogP contribution >= 0.6 is 0 Å². The van der Waals surface area contributed by atoms with Gasteiger partial charge in [0.25, 0.3) is 5.91 Å². The van der Waals surface area contributed by atoms with Gasteiger partial charge in [-0.1, -0.05) is 44.2 Å². The molecule has 1 N–H and O–H groups in total. The molecule has 8 nitrogen and oxygen atoms in total. The third-order valence-electron chi connectivity index (χ3n) is 6.42. The largest absolute Gasteiger partial charge is 0.493 e. The smallest absolute Gasteiger partial charge is 0.305 e. The molecule has 3 aromatic carbocycles. The molecule has 1 unspecified atom stereocenters. The minimum Gasteiger partial charge on any atom is -0.493 e. The molecule has 0 aliphatic rings. The summed E-state index contributed by atoms with van der Waals surface area (Å²) < 4.78 is 21.6. The monoisotopic (exact) mass is 544 g/mol. The molecule has 40 heavy (non-hydrogen) atoms. The number of aryl methyl sites for hydroxylation is 1. The highest BCUT2D eigenvalue weighted by atomic mass is 16.5. The molecule has 0 aliphatic heterocycles. The zero-order valence-electron chi connectivity index (χ0n) is 23.7. The molecule has 8 heteroatoms. The first-order valence-corrected chi connectivity index (χ1v) is 13.1. The van der Waals surface area contributed by atoms with Gasteiger partial charge in [0.1, 0.15) is 12.4 Å². The van der Waals surface area contributed by atoms with Gasteiger partial charge < -0.3 is 24.3 Å². The van der Waals surface area contributed by atoms with Gasteiger partial charge in [-0.3, -0.25) is 9.59 Å². The Hall–Kier alpha value is -4.51. The van der Waals surface area contributed by atoms with E-state index >= 15 is 0 Å². The van der Waals surface area contributed by atoms with Crippen LogP contribution in [0.5, 0.6) is 17.2 Å². The van der Waals surface area contributed by atoms with Crippen LogP contribution in [0.1, 0.15) is 59.8 Å². The Balaban J connectivity index is 1.90. The fourth-order valence-electron chi connectivity index (χ4n) is 4.35. The van der Waals surface area contributed by atoms with Gasteiger partial charge in [-0.2, -0.15) is 0 Å². The number of benzene rings is 3. The number of hydrogen-bond acceptors (Lipinski definition) is 6. The molecule has 1 amide bonds. The summed E-state index contributed by atoms with van der Waals surface area (Å²) in [6.07, 6.45) is 1.22. The SMILES string of the molecule is [C-]#[N+]c1cccc(OCc2ccc(CCC(=O)OC)c(C(=O)NC(CC(C)C)c3ccc(OC)c(OC)c3)c2)c1. The highest BCUT2D eigenvalue weighted by Gasteiger charge is 2.21. The molecule has 0 heterocycles. The second-order valence-corrected chi connectivity index (χ2v) is 9.74. The Labute approximate surface area is 236 Å². The highest BCUT2D eigenvalue weighted by molar-refractivity contribution is 5.96. The van der Waals surface area contributed by atoms with E-state index in [-0.39, 0.29) is 30.9 Å². The van der Waals surface area contributed by atoms with Gasteiger partial charge in [-0.05, 0) is 65.8 Å². The van der Waals surface area contributed by atoms with Gasteiger partial charge >= 0.3 is 5.97 Å². The van der Waals surface area contributed by atoms with Gasteiger partial charge in [0.15, 0.2) is 17.2 Å². The number of carbonyl (C=O) groups excluding carboxylic acids is 2. The van der Waals surface area contributed by atoms with Gasteiger partial charge in [-0.15, -0.1) is 0 Å². The lowest BCUT2D eigenvalue weighted by Crippen LogP contribution is -2.30. The minimum absolute atomic E-state index is 0.154. The van der Waals surface area contributed by atoms with E-state index in [2.05, 4.69) is 24.0 Å². The molecule has 0 fully saturated rings. The first-order valence-electron chi connectivity index (χ1n) is 13.1. The van der Waals surface area contributed by atoms with Crippen molar-refractivity contribution in [3.05, 3.63) is 94.3 Å². The maximum absolute atomic E-state index is 13.8. The van der Waals surface area contributed by atoms with Crippen molar-refractivity contribution in [2.45, 2.75) is 45.8 Å². The third-order valence-corrected chi connectivity index (χ3v) is 6.42.